The van der Waals surface area contributed by atoms with E-state index in [0.717, 1.165) is 28.3 Å². The number of phenols is 1. The lowest BCUT2D eigenvalue weighted by molar-refractivity contribution is 0.438. The minimum atomic E-state index is -0.201. The second-order valence-corrected chi connectivity index (χ2v) is 7.29. The van der Waals surface area contributed by atoms with Gasteiger partial charge in [0.05, 0.1) is 11.7 Å². The van der Waals surface area contributed by atoms with Gasteiger partial charge < -0.3 is 10.4 Å². The van der Waals surface area contributed by atoms with Gasteiger partial charge >= 0.3 is 0 Å². The van der Waals surface area contributed by atoms with Crippen LogP contribution < -0.4 is 5.32 Å². The maximum Gasteiger partial charge on any atom is 0.139 e. The Morgan fingerprint density at radius 1 is 1.00 bits per heavy atom. The number of nitrogens with one attached hydrogen (secondary N) is 1. The largest absolute Gasteiger partial charge is 0.506 e. The van der Waals surface area contributed by atoms with Crippen LogP contribution in [0.3, 0.4) is 0 Å². The molecule has 1 heterocycles. The van der Waals surface area contributed by atoms with Crippen molar-refractivity contribution in [2.45, 2.75) is 24.8 Å². The van der Waals surface area contributed by atoms with Gasteiger partial charge in [0, 0.05) is 10.4 Å². The molecule has 0 aliphatic carbocycles. The van der Waals surface area contributed by atoms with Crippen LogP contribution in [0.15, 0.2) is 72.8 Å². The van der Waals surface area contributed by atoms with Crippen molar-refractivity contribution in [3.05, 3.63) is 94.5 Å². The summed E-state index contributed by atoms with van der Waals surface area (Å²) in [6.07, 6.45) is 0.883. The summed E-state index contributed by atoms with van der Waals surface area (Å²) >= 11 is 6.21. The lowest BCUT2D eigenvalue weighted by atomic mass is 9.68. The van der Waals surface area contributed by atoms with Gasteiger partial charge in [-0.25, -0.2) is 0 Å². The Morgan fingerprint density at radius 2 is 1.76 bits per heavy atom. The highest BCUT2D eigenvalue weighted by molar-refractivity contribution is 6.30. The summed E-state index contributed by atoms with van der Waals surface area (Å²) in [5.41, 5.74) is 4.11. The van der Waals surface area contributed by atoms with Gasteiger partial charge in [-0.05, 0) is 41.3 Å². The summed E-state index contributed by atoms with van der Waals surface area (Å²) in [7, 11) is 0. The second kappa shape index (κ2) is 6.12. The molecule has 3 aromatic carbocycles. The molecule has 4 rings (SSSR count). The number of hydrogen-bond donors (Lipinski definition) is 2. The van der Waals surface area contributed by atoms with E-state index in [4.69, 9.17) is 11.6 Å². The van der Waals surface area contributed by atoms with Gasteiger partial charge in [0.1, 0.15) is 5.75 Å². The highest BCUT2D eigenvalue weighted by Gasteiger charge is 2.39. The molecule has 0 fully saturated rings. The van der Waals surface area contributed by atoms with E-state index in [0.29, 0.717) is 0 Å². The second-order valence-electron chi connectivity index (χ2n) is 6.85. The van der Waals surface area contributed by atoms with Crippen molar-refractivity contribution in [3.8, 4) is 5.75 Å². The molecule has 0 bridgehead atoms. The van der Waals surface area contributed by atoms with Crippen LogP contribution in [-0.2, 0) is 5.41 Å². The van der Waals surface area contributed by atoms with Crippen LogP contribution in [0.1, 0.15) is 36.1 Å². The molecule has 0 amide bonds. The van der Waals surface area contributed by atoms with Crippen molar-refractivity contribution in [2.75, 3.05) is 5.32 Å². The van der Waals surface area contributed by atoms with Crippen LogP contribution >= 0.6 is 11.6 Å². The van der Waals surface area contributed by atoms with Crippen molar-refractivity contribution in [1.82, 2.24) is 0 Å². The standard InChI is InChI=1S/C22H20ClNO/c1-22(16-8-3-2-4-9-16)14-19(15-7-5-10-17(23)13-15)24-21-18(22)11-6-12-20(21)25/h2-13,19,24-25H,14H2,1H3/t19-,22-/m0/s1. The zero-order chi connectivity index (χ0) is 17.4. The van der Waals surface area contributed by atoms with Crippen LogP contribution in [-0.4, -0.2) is 5.11 Å². The Balaban J connectivity index is 1.88. The molecule has 1 aliphatic heterocycles. The summed E-state index contributed by atoms with van der Waals surface area (Å²) in [6, 6.07) is 24.2. The zero-order valence-electron chi connectivity index (χ0n) is 14.0. The van der Waals surface area contributed by atoms with Gasteiger partial charge in [-0.3, -0.25) is 0 Å². The smallest absolute Gasteiger partial charge is 0.139 e. The van der Waals surface area contributed by atoms with E-state index in [-0.39, 0.29) is 17.2 Å². The third-order valence-electron chi connectivity index (χ3n) is 5.23. The maximum absolute atomic E-state index is 10.5. The number of phenolic OH excluding ortho intramolecular Hbond substituents is 1. The molecule has 0 radical (unpaired) electrons. The zero-order valence-corrected chi connectivity index (χ0v) is 14.8. The highest BCUT2D eigenvalue weighted by Crippen LogP contribution is 2.50. The first-order valence-corrected chi connectivity index (χ1v) is 8.86. The Bertz CT molecular complexity index is 909. The number of para-hydroxylation sites is 1. The fourth-order valence-corrected chi connectivity index (χ4v) is 4.10. The normalized spacial score (nSPS) is 22.1. The van der Waals surface area contributed by atoms with E-state index >= 15 is 0 Å². The maximum atomic E-state index is 10.5. The van der Waals surface area contributed by atoms with Crippen LogP contribution in [0.4, 0.5) is 5.69 Å². The third kappa shape index (κ3) is 2.77. The van der Waals surface area contributed by atoms with Crippen LogP contribution in [0.2, 0.25) is 5.02 Å². The molecular weight excluding hydrogens is 330 g/mol. The molecule has 2 nitrogen and oxygen atoms in total. The Labute approximate surface area is 153 Å². The molecule has 0 saturated heterocycles. The minimum Gasteiger partial charge on any atom is -0.506 e. The molecule has 2 atom stereocenters. The Hall–Kier alpha value is -2.45. The van der Waals surface area contributed by atoms with Crippen molar-refractivity contribution in [1.29, 1.82) is 0 Å². The molecule has 0 unspecified atom stereocenters. The highest BCUT2D eigenvalue weighted by atomic mass is 35.5. The van der Waals surface area contributed by atoms with Gasteiger partial charge in [0.2, 0.25) is 0 Å². The van der Waals surface area contributed by atoms with Gasteiger partial charge in [-0.2, -0.15) is 0 Å². The predicted octanol–water partition coefficient (Wildman–Crippen LogP) is 5.91. The predicted molar refractivity (Wildman–Crippen MR) is 103 cm³/mol. The first-order valence-electron chi connectivity index (χ1n) is 8.48. The van der Waals surface area contributed by atoms with E-state index in [1.54, 1.807) is 6.07 Å². The molecule has 0 saturated carbocycles. The molecule has 126 valence electrons. The first kappa shape index (κ1) is 16.0. The molecular formula is C22H20ClNO. The van der Waals surface area contributed by atoms with Crippen molar-refractivity contribution >= 4 is 17.3 Å². The van der Waals surface area contributed by atoms with Gasteiger partial charge in [-0.1, -0.05) is 73.1 Å². The van der Waals surface area contributed by atoms with Gasteiger partial charge in [-0.15, -0.1) is 0 Å². The number of aromatic hydroxyl groups is 1. The minimum absolute atomic E-state index is 0.0738. The third-order valence-corrected chi connectivity index (χ3v) is 5.46. The number of rotatable bonds is 2. The summed E-state index contributed by atoms with van der Waals surface area (Å²) in [5, 5.41) is 14.7. The first-order chi connectivity index (χ1) is 12.1. The van der Waals surface area contributed by atoms with E-state index in [1.807, 2.05) is 30.3 Å². The summed E-state index contributed by atoms with van der Waals surface area (Å²) in [4.78, 5) is 0. The van der Waals surface area contributed by atoms with Crippen molar-refractivity contribution < 1.29 is 5.11 Å². The average molecular weight is 350 g/mol. The van der Waals surface area contributed by atoms with Crippen LogP contribution in [0.25, 0.3) is 0 Å². The van der Waals surface area contributed by atoms with Crippen molar-refractivity contribution in [2.24, 2.45) is 0 Å². The monoisotopic (exact) mass is 349 g/mol. The SMILES string of the molecule is C[C@@]1(c2ccccc2)C[C@@H](c2cccc(Cl)c2)Nc2c(O)cccc21. The number of fused-ring (bicyclic) bond motifs is 1. The molecule has 3 aromatic rings. The molecule has 3 heteroatoms. The molecule has 25 heavy (non-hydrogen) atoms. The molecule has 1 aliphatic rings. The van der Waals surface area contributed by atoms with Gasteiger partial charge in [0.25, 0.3) is 0 Å². The number of anilines is 1. The van der Waals surface area contributed by atoms with E-state index in [2.05, 4.69) is 48.6 Å². The van der Waals surface area contributed by atoms with E-state index < -0.39 is 0 Å². The Kier molecular flexibility index (Phi) is 3.93. The number of hydrogen-bond acceptors (Lipinski definition) is 2. The fraction of sp³-hybridized carbons (Fsp3) is 0.182. The molecule has 0 spiro atoms. The molecule has 0 aromatic heterocycles. The van der Waals surface area contributed by atoms with Crippen LogP contribution in [0.5, 0.6) is 5.75 Å². The lowest BCUT2D eigenvalue weighted by Crippen LogP contribution is -2.34. The summed E-state index contributed by atoms with van der Waals surface area (Å²) in [5.74, 6) is 0.284. The van der Waals surface area contributed by atoms with Gasteiger partial charge in [0.15, 0.2) is 0 Å². The number of halogens is 1. The number of benzene rings is 3. The van der Waals surface area contributed by atoms with Crippen LogP contribution in [0, 0.1) is 0 Å². The average Bonchev–Trinajstić information content (AvgIpc) is 2.63. The summed E-state index contributed by atoms with van der Waals surface area (Å²) in [6.45, 7) is 2.25. The lowest BCUT2D eigenvalue weighted by Gasteiger charge is -2.42. The Morgan fingerprint density at radius 3 is 2.52 bits per heavy atom. The fourth-order valence-electron chi connectivity index (χ4n) is 3.90. The molecule has 2 N–H and O–H groups in total. The van der Waals surface area contributed by atoms with E-state index in [9.17, 15) is 5.11 Å². The summed E-state index contributed by atoms with van der Waals surface area (Å²) < 4.78 is 0. The quantitative estimate of drug-likeness (QED) is 0.564. The topological polar surface area (TPSA) is 32.3 Å². The van der Waals surface area contributed by atoms with Crippen molar-refractivity contribution in [3.63, 3.8) is 0 Å². The van der Waals surface area contributed by atoms with E-state index in [1.165, 1.54) is 5.56 Å².